The molecule has 1 aromatic carbocycles. The number of hydrogen-bond donors (Lipinski definition) is 1. The molecule has 3 rings (SSSR count). The van der Waals surface area contributed by atoms with Gasteiger partial charge in [0.25, 0.3) is 0 Å². The topological polar surface area (TPSA) is 114 Å². The number of nitrogen functional groups attached to an aromatic ring is 1. The molecule has 0 aliphatic heterocycles. The number of rotatable bonds is 7. The molecule has 158 valence electrons. The van der Waals surface area contributed by atoms with Crippen molar-refractivity contribution < 1.29 is 23.8 Å². The van der Waals surface area contributed by atoms with Crippen LogP contribution in [0.15, 0.2) is 18.2 Å². The van der Waals surface area contributed by atoms with Crippen molar-refractivity contribution in [2.75, 3.05) is 18.9 Å². The second-order valence-electron chi connectivity index (χ2n) is 6.75. The summed E-state index contributed by atoms with van der Waals surface area (Å²) in [6, 6.07) is 5.71. The largest absolute Gasteiger partial charge is 0.482 e. The van der Waals surface area contributed by atoms with Crippen molar-refractivity contribution in [1.29, 1.82) is 0 Å². The van der Waals surface area contributed by atoms with Crippen molar-refractivity contribution in [3.8, 4) is 5.75 Å². The summed E-state index contributed by atoms with van der Waals surface area (Å²) < 4.78 is 15.8. The first-order valence-corrected chi connectivity index (χ1v) is 10.2. The highest BCUT2D eigenvalue weighted by Crippen LogP contribution is 2.33. The smallest absolute Gasteiger partial charge is 0.348 e. The molecule has 0 atom stereocenters. The molecule has 0 bridgehead atoms. The molecule has 3 aromatic rings. The molecule has 0 amide bonds. The van der Waals surface area contributed by atoms with Gasteiger partial charge in [-0.2, -0.15) is 0 Å². The van der Waals surface area contributed by atoms with E-state index in [9.17, 15) is 9.59 Å². The van der Waals surface area contributed by atoms with E-state index < -0.39 is 11.9 Å². The summed E-state index contributed by atoms with van der Waals surface area (Å²) in [6.45, 7) is 7.32. The van der Waals surface area contributed by atoms with Gasteiger partial charge in [0.1, 0.15) is 21.3 Å². The Morgan fingerprint density at radius 3 is 2.43 bits per heavy atom. The lowest BCUT2D eigenvalue weighted by Gasteiger charge is -2.08. The maximum atomic E-state index is 12.1. The van der Waals surface area contributed by atoms with Crippen LogP contribution in [0.3, 0.4) is 0 Å². The Morgan fingerprint density at radius 2 is 1.77 bits per heavy atom. The molecule has 0 aliphatic carbocycles. The standard InChI is InChI=1S/C21H23N3O5S/c1-5-27-21(26)18-13(4)17-19(22)23-15(24-20(17)30-18)9-29-16(25)10-28-14-7-11(2)6-12(3)8-14/h6-8H,5,9-10H2,1-4H3,(H2,22,23,24). The molecule has 0 fully saturated rings. The minimum atomic E-state index is -0.550. The van der Waals surface area contributed by atoms with Crippen molar-refractivity contribution in [3.05, 3.63) is 45.6 Å². The van der Waals surface area contributed by atoms with Crippen molar-refractivity contribution in [2.45, 2.75) is 34.3 Å². The fraction of sp³-hybridized carbons (Fsp3) is 0.333. The fourth-order valence-corrected chi connectivity index (χ4v) is 4.12. The quantitative estimate of drug-likeness (QED) is 0.568. The Bertz CT molecular complexity index is 1090. The lowest BCUT2D eigenvalue weighted by Crippen LogP contribution is -2.16. The minimum absolute atomic E-state index is 0.152. The third-order valence-electron chi connectivity index (χ3n) is 4.24. The third kappa shape index (κ3) is 4.85. The molecule has 0 radical (unpaired) electrons. The number of fused-ring (bicyclic) bond motifs is 1. The van der Waals surface area contributed by atoms with Gasteiger partial charge in [0.15, 0.2) is 19.0 Å². The van der Waals surface area contributed by atoms with Crippen molar-refractivity contribution in [2.24, 2.45) is 0 Å². The van der Waals surface area contributed by atoms with Gasteiger partial charge in [-0.1, -0.05) is 6.07 Å². The number of carbonyl (C=O) groups excluding carboxylic acids is 2. The number of ether oxygens (including phenoxy) is 3. The van der Waals surface area contributed by atoms with E-state index in [1.54, 1.807) is 13.8 Å². The van der Waals surface area contributed by atoms with E-state index in [4.69, 9.17) is 19.9 Å². The second kappa shape index (κ2) is 9.08. The molecule has 9 heteroatoms. The predicted molar refractivity (Wildman–Crippen MR) is 114 cm³/mol. The number of carbonyl (C=O) groups is 2. The molecule has 0 spiro atoms. The maximum absolute atomic E-state index is 12.1. The highest BCUT2D eigenvalue weighted by atomic mass is 32.1. The van der Waals surface area contributed by atoms with Gasteiger partial charge in [0.2, 0.25) is 0 Å². The molecular formula is C21H23N3O5S. The van der Waals surface area contributed by atoms with Gasteiger partial charge in [-0.3, -0.25) is 0 Å². The number of nitrogens with zero attached hydrogens (tertiary/aromatic N) is 2. The molecule has 8 nitrogen and oxygen atoms in total. The van der Waals surface area contributed by atoms with Crippen molar-refractivity contribution in [3.63, 3.8) is 0 Å². The summed E-state index contributed by atoms with van der Waals surface area (Å²) in [6.07, 6.45) is 0. The van der Waals surface area contributed by atoms with Crippen LogP contribution in [0.4, 0.5) is 5.82 Å². The molecule has 0 unspecified atom stereocenters. The van der Waals surface area contributed by atoms with E-state index in [1.165, 1.54) is 11.3 Å². The maximum Gasteiger partial charge on any atom is 0.348 e. The monoisotopic (exact) mass is 429 g/mol. The Hall–Kier alpha value is -3.20. The van der Waals surface area contributed by atoms with Gasteiger partial charge in [-0.25, -0.2) is 19.6 Å². The second-order valence-corrected chi connectivity index (χ2v) is 7.75. The number of anilines is 1. The summed E-state index contributed by atoms with van der Waals surface area (Å²) in [5, 5.41) is 0.608. The Labute approximate surface area is 178 Å². The molecule has 2 aromatic heterocycles. The zero-order chi connectivity index (χ0) is 21.8. The third-order valence-corrected chi connectivity index (χ3v) is 5.41. The summed E-state index contributed by atoms with van der Waals surface area (Å²) in [5.74, 6) is 0.102. The van der Waals surface area contributed by atoms with Crippen LogP contribution in [0, 0.1) is 20.8 Å². The molecule has 30 heavy (non-hydrogen) atoms. The summed E-state index contributed by atoms with van der Waals surface area (Å²) >= 11 is 1.17. The first-order chi connectivity index (χ1) is 14.3. The SMILES string of the molecule is CCOC(=O)c1sc2nc(COC(=O)COc3cc(C)cc(C)c3)nc(N)c2c1C. The molecule has 2 N–H and O–H groups in total. The van der Waals surface area contributed by atoms with Gasteiger partial charge in [0.05, 0.1) is 12.0 Å². The zero-order valence-corrected chi connectivity index (χ0v) is 18.1. The lowest BCUT2D eigenvalue weighted by molar-refractivity contribution is -0.147. The Kier molecular flexibility index (Phi) is 6.51. The van der Waals surface area contributed by atoms with Gasteiger partial charge >= 0.3 is 11.9 Å². The van der Waals surface area contributed by atoms with E-state index in [0.29, 0.717) is 26.4 Å². The van der Waals surface area contributed by atoms with Crippen LogP contribution >= 0.6 is 11.3 Å². The Morgan fingerprint density at radius 1 is 1.07 bits per heavy atom. The van der Waals surface area contributed by atoms with Crippen LogP contribution in [0.2, 0.25) is 0 Å². The highest BCUT2D eigenvalue weighted by molar-refractivity contribution is 7.20. The van der Waals surface area contributed by atoms with E-state index in [2.05, 4.69) is 9.97 Å². The van der Waals surface area contributed by atoms with E-state index in [0.717, 1.165) is 11.1 Å². The van der Waals surface area contributed by atoms with Gasteiger partial charge in [0, 0.05) is 0 Å². The average molecular weight is 429 g/mol. The lowest BCUT2D eigenvalue weighted by atomic mass is 10.1. The summed E-state index contributed by atoms with van der Waals surface area (Å²) in [7, 11) is 0. The van der Waals surface area contributed by atoms with E-state index in [1.807, 2.05) is 32.0 Å². The zero-order valence-electron chi connectivity index (χ0n) is 17.3. The molecule has 0 aliphatic rings. The number of thiophene rings is 1. The van der Waals surface area contributed by atoms with E-state index in [-0.39, 0.29) is 31.5 Å². The first kappa shape index (κ1) is 21.5. The predicted octanol–water partition coefficient (Wildman–Crippen LogP) is 3.50. The van der Waals surface area contributed by atoms with Crippen LogP contribution in [-0.4, -0.2) is 35.1 Å². The van der Waals surface area contributed by atoms with Crippen LogP contribution in [0.1, 0.15) is 39.1 Å². The minimum Gasteiger partial charge on any atom is -0.482 e. The molecule has 0 saturated carbocycles. The fourth-order valence-electron chi connectivity index (χ4n) is 3.02. The number of benzene rings is 1. The van der Waals surface area contributed by atoms with Crippen LogP contribution in [-0.2, 0) is 20.9 Å². The first-order valence-electron chi connectivity index (χ1n) is 9.37. The number of esters is 2. The number of hydrogen-bond acceptors (Lipinski definition) is 9. The highest BCUT2D eigenvalue weighted by Gasteiger charge is 2.20. The van der Waals surface area contributed by atoms with Crippen LogP contribution in [0.5, 0.6) is 5.75 Å². The number of nitrogens with two attached hydrogens (primary N) is 1. The normalized spacial score (nSPS) is 10.8. The Balaban J connectivity index is 1.67. The van der Waals surface area contributed by atoms with Crippen LogP contribution < -0.4 is 10.5 Å². The summed E-state index contributed by atoms with van der Waals surface area (Å²) in [5.41, 5.74) is 8.82. The van der Waals surface area contributed by atoms with Gasteiger partial charge < -0.3 is 19.9 Å². The number of aromatic nitrogens is 2. The molecular weight excluding hydrogens is 406 g/mol. The van der Waals surface area contributed by atoms with Gasteiger partial charge in [-0.15, -0.1) is 11.3 Å². The number of aryl methyl sites for hydroxylation is 3. The van der Waals surface area contributed by atoms with Crippen molar-refractivity contribution in [1.82, 2.24) is 9.97 Å². The summed E-state index contributed by atoms with van der Waals surface area (Å²) in [4.78, 5) is 33.7. The van der Waals surface area contributed by atoms with Crippen molar-refractivity contribution >= 4 is 39.3 Å². The average Bonchev–Trinajstić information content (AvgIpc) is 3.01. The van der Waals surface area contributed by atoms with Gasteiger partial charge in [-0.05, 0) is 56.5 Å². The van der Waals surface area contributed by atoms with E-state index >= 15 is 0 Å². The van der Waals surface area contributed by atoms with Crippen LogP contribution in [0.25, 0.3) is 10.2 Å². The molecule has 2 heterocycles. The molecule has 0 saturated heterocycles.